The highest BCUT2D eigenvalue weighted by molar-refractivity contribution is 6.29. The lowest BCUT2D eigenvalue weighted by Crippen LogP contribution is -2.26. The van der Waals surface area contributed by atoms with E-state index in [0.717, 1.165) is 13.5 Å². The van der Waals surface area contributed by atoms with Gasteiger partial charge in [-0.25, -0.2) is 10.2 Å². The molecule has 0 aliphatic rings. The van der Waals surface area contributed by atoms with Crippen LogP contribution < -0.4 is 11.2 Å². The van der Waals surface area contributed by atoms with Crippen molar-refractivity contribution >= 4 is 78.8 Å². The fraction of sp³-hybridized carbons (Fsp3) is 0.100. The number of nitrogens with one attached hydrogen (secondary N) is 1. The smallest absolute Gasteiger partial charge is 0.333 e. The van der Waals surface area contributed by atoms with Gasteiger partial charge in [-0.2, -0.15) is 60.3 Å². The first-order valence-corrected chi connectivity index (χ1v) is 22.9. The van der Waals surface area contributed by atoms with Crippen LogP contribution in [-0.4, -0.2) is 91.9 Å². The molecule has 9 heterocycles. The van der Waals surface area contributed by atoms with Gasteiger partial charge in [-0.15, -0.1) is 30.6 Å². The molecule has 0 saturated carbocycles. The van der Waals surface area contributed by atoms with Crippen molar-refractivity contribution < 1.29 is 35.9 Å². The number of aromatic nitrogens is 15. The van der Waals surface area contributed by atoms with Gasteiger partial charge in [-0.3, -0.25) is 19.7 Å². The molecule has 12 aromatic rings. The lowest BCUT2D eigenvalue weighted by Gasteiger charge is -2.15. The second-order valence-electron chi connectivity index (χ2n) is 16.7. The van der Waals surface area contributed by atoms with Gasteiger partial charge < -0.3 is 5.73 Å². The van der Waals surface area contributed by atoms with Crippen molar-refractivity contribution in [2.75, 3.05) is 0 Å². The van der Waals surface area contributed by atoms with E-state index in [2.05, 4.69) is 71.4 Å². The Bertz CT molecular complexity index is 4280. The van der Waals surface area contributed by atoms with Crippen molar-refractivity contribution in [3.05, 3.63) is 197 Å². The number of nitrogens with two attached hydrogens (primary N) is 1. The molecule has 77 heavy (non-hydrogen) atoms. The van der Waals surface area contributed by atoms with Crippen molar-refractivity contribution in [3.8, 4) is 0 Å². The molecule has 0 aliphatic heterocycles. The van der Waals surface area contributed by atoms with E-state index in [-0.39, 0.29) is 61.7 Å². The third-order valence-corrected chi connectivity index (χ3v) is 11.8. The molecule has 0 radical (unpaired) electrons. The van der Waals surface area contributed by atoms with Gasteiger partial charge in [0, 0.05) is 58.4 Å². The van der Waals surface area contributed by atoms with Crippen LogP contribution in [-0.2, 0) is 17.8 Å². The summed E-state index contributed by atoms with van der Waals surface area (Å²) in [4.78, 5) is 34.7. The summed E-state index contributed by atoms with van der Waals surface area (Å²) < 4.78 is 93.2. The number of pyridine rings is 3. The van der Waals surface area contributed by atoms with E-state index >= 15 is 17.6 Å². The van der Waals surface area contributed by atoms with E-state index in [1.54, 1.807) is 68.0 Å². The van der Waals surface area contributed by atoms with E-state index in [9.17, 15) is 18.4 Å². The Morgan fingerprint density at radius 2 is 0.883 bits per heavy atom. The lowest BCUT2D eigenvalue weighted by atomic mass is 10.0. The Balaban J connectivity index is 0.000000132. The van der Waals surface area contributed by atoms with Crippen LogP contribution in [0.2, 0.25) is 5.15 Å². The number of primary amides is 1. The van der Waals surface area contributed by atoms with Gasteiger partial charge in [-0.1, -0.05) is 48.0 Å². The highest BCUT2D eigenvalue weighted by atomic mass is 35.5. The van der Waals surface area contributed by atoms with E-state index < -0.39 is 41.3 Å². The second kappa shape index (κ2) is 20.0. The molecule has 0 aliphatic carbocycles. The number of hydrogen-bond donors (Lipinski definition) is 2. The average molecular weight is 1070 g/mol. The van der Waals surface area contributed by atoms with Crippen LogP contribution in [0.25, 0.3) is 49.7 Å². The SMILES string of the molecule is C/C(=N\NC(N)=O)c1ccc2nnc(C(F)(F)c3ccc4ncccc4c3)n2n1.CC(=O)c1ccc2nnc(C(F)(F)c3ccc4ncccc4c3)n2n1.FC(F)(c1ccc2ncccc2c1)c1nnc2ccc(Cl)nn12. The van der Waals surface area contributed by atoms with Crippen molar-refractivity contribution in [2.24, 2.45) is 10.8 Å². The number of rotatable bonds is 9. The topological polar surface area (TPSA) is 252 Å². The summed E-state index contributed by atoms with van der Waals surface area (Å²) in [7, 11) is 0. The molecule has 3 aromatic carbocycles. The maximum Gasteiger partial charge on any atom is 0.333 e. The first-order valence-electron chi connectivity index (χ1n) is 22.5. The highest BCUT2D eigenvalue weighted by Gasteiger charge is 2.42. The van der Waals surface area contributed by atoms with Gasteiger partial charge in [0.15, 0.2) is 22.7 Å². The molecule has 3 N–H and O–H groups in total. The monoisotopic (exact) mass is 1070 g/mol. The van der Waals surface area contributed by atoms with Crippen LogP contribution in [0.1, 0.15) is 64.2 Å². The molecule has 12 rings (SSSR count). The number of hydrazone groups is 1. The Hall–Kier alpha value is -9.98. The predicted molar refractivity (Wildman–Crippen MR) is 267 cm³/mol. The molecule has 0 fully saturated rings. The Morgan fingerprint density at radius 1 is 0.506 bits per heavy atom. The number of fused-ring (bicyclic) bond motifs is 6. The van der Waals surface area contributed by atoms with Crippen LogP contribution in [0.3, 0.4) is 0 Å². The Kier molecular flexibility index (Phi) is 13.2. The van der Waals surface area contributed by atoms with Crippen molar-refractivity contribution in [2.45, 2.75) is 31.6 Å². The number of alkyl halides is 6. The van der Waals surface area contributed by atoms with Gasteiger partial charge in [0.05, 0.1) is 22.3 Å². The molecule has 20 nitrogen and oxygen atoms in total. The minimum Gasteiger partial charge on any atom is -0.350 e. The van der Waals surface area contributed by atoms with E-state index in [0.29, 0.717) is 32.7 Å². The summed E-state index contributed by atoms with van der Waals surface area (Å²) in [6, 6.07) is 30.7. The van der Waals surface area contributed by atoms with E-state index in [1.807, 2.05) is 0 Å². The first kappa shape index (κ1) is 50.5. The maximum atomic E-state index is 15.3. The largest absolute Gasteiger partial charge is 0.350 e. The van der Waals surface area contributed by atoms with Gasteiger partial charge >= 0.3 is 23.8 Å². The summed E-state index contributed by atoms with van der Waals surface area (Å²) >= 11 is 5.78. The Morgan fingerprint density at radius 3 is 1.29 bits per heavy atom. The molecule has 384 valence electrons. The minimum absolute atomic E-state index is 0.0621. The molecule has 0 unspecified atom stereocenters. The van der Waals surface area contributed by atoms with Crippen LogP contribution in [0.4, 0.5) is 31.1 Å². The zero-order valence-corrected chi connectivity index (χ0v) is 40.3. The van der Waals surface area contributed by atoms with Crippen LogP contribution in [0, 0.1) is 0 Å². The molecular weight excluding hydrogens is 1030 g/mol. The standard InChI is InChI=1S/C18H14F2N8O.C17H11F2N5O.C15H8ClF2N5/c1-10(23-26-17(21)29)13-6-7-15-24-25-16(28(15)27-13)18(19,20)12-4-5-14-11(9-12)3-2-8-22-14;1-10(25)13-6-7-15-21-22-16(24(15)23-13)17(18,19)12-4-5-14-11(9-12)3-2-8-20-14;16-12-5-6-13-20-21-14(23(13)22-12)15(17,18)10-3-4-11-9(8-10)2-1-7-19-11/h2-9H,1H3,(H3,21,26,29);2-9H,1H3;1-8H/b23-10+;;. The fourth-order valence-electron chi connectivity index (χ4n) is 7.71. The van der Waals surface area contributed by atoms with Crippen LogP contribution >= 0.6 is 11.6 Å². The molecule has 2 amide bonds. The van der Waals surface area contributed by atoms with Gasteiger partial charge in [0.1, 0.15) is 16.5 Å². The van der Waals surface area contributed by atoms with Crippen molar-refractivity contribution in [1.82, 2.24) is 79.8 Å². The number of carbonyl (C=O) groups excluding carboxylic acids is 2. The molecule has 9 aromatic heterocycles. The molecular formula is C50H33ClF6N18O2. The number of ketones is 1. The van der Waals surface area contributed by atoms with Crippen LogP contribution in [0.5, 0.6) is 0 Å². The molecule has 0 spiro atoms. The zero-order chi connectivity index (χ0) is 54.2. The van der Waals surface area contributed by atoms with Gasteiger partial charge in [-0.05, 0) is 97.9 Å². The third-order valence-electron chi connectivity index (χ3n) is 11.6. The van der Waals surface area contributed by atoms with Crippen molar-refractivity contribution in [3.63, 3.8) is 0 Å². The summed E-state index contributed by atoms with van der Waals surface area (Å²) in [5, 5.41) is 39.6. The lowest BCUT2D eigenvalue weighted by molar-refractivity contribution is 0.0302. The molecule has 0 saturated heterocycles. The van der Waals surface area contributed by atoms with Crippen molar-refractivity contribution in [1.29, 1.82) is 0 Å². The zero-order valence-electron chi connectivity index (χ0n) is 39.6. The number of urea groups is 1. The second-order valence-corrected chi connectivity index (χ2v) is 17.0. The van der Waals surface area contributed by atoms with Gasteiger partial charge in [0.2, 0.25) is 17.5 Å². The molecule has 0 bridgehead atoms. The molecule has 0 atom stereocenters. The fourth-order valence-corrected chi connectivity index (χ4v) is 7.85. The quantitative estimate of drug-likeness (QED) is 0.0594. The number of halogens is 7. The third kappa shape index (κ3) is 9.94. The minimum atomic E-state index is -3.47. The summed E-state index contributed by atoms with van der Waals surface area (Å²) in [6.45, 7) is 2.86. The average Bonchev–Trinajstić information content (AvgIpc) is 4.27. The van der Waals surface area contributed by atoms with Crippen LogP contribution in [0.15, 0.2) is 151 Å². The maximum absolute atomic E-state index is 15.3. The first-order chi connectivity index (χ1) is 36.9. The summed E-state index contributed by atoms with van der Waals surface area (Å²) in [6.07, 6.45) is 4.80. The number of Topliss-reactive ketones (excluding diaryl/α,β-unsaturated/α-hetero) is 1. The number of hydrogen-bond acceptors (Lipinski definition) is 15. The highest BCUT2D eigenvalue weighted by Crippen LogP contribution is 2.38. The molecule has 27 heteroatoms. The van der Waals surface area contributed by atoms with E-state index in [1.165, 1.54) is 91.9 Å². The summed E-state index contributed by atoms with van der Waals surface area (Å²) in [5.41, 5.74) is 9.22. The van der Waals surface area contributed by atoms with E-state index in [4.69, 9.17) is 17.3 Å². The number of benzene rings is 3. The number of nitrogens with zero attached hydrogens (tertiary/aromatic N) is 16. The van der Waals surface area contributed by atoms with Gasteiger partial charge in [0.25, 0.3) is 0 Å². The number of amides is 2. The summed E-state index contributed by atoms with van der Waals surface area (Å²) in [5.74, 6) is -12.5. The normalized spacial score (nSPS) is 12.2. The number of carbonyl (C=O) groups is 2. The Labute approximate surface area is 432 Å². The predicted octanol–water partition coefficient (Wildman–Crippen LogP) is 8.69.